The lowest BCUT2D eigenvalue weighted by Crippen LogP contribution is -2.50. The van der Waals surface area contributed by atoms with Crippen molar-refractivity contribution in [3.8, 4) is 23.1 Å². The first-order chi connectivity index (χ1) is 18.1. The molecule has 0 aliphatic heterocycles. The number of methoxy groups -OCH3 is 1. The molecule has 1 aliphatic rings. The van der Waals surface area contributed by atoms with Crippen molar-refractivity contribution in [2.45, 2.75) is 63.5 Å². The van der Waals surface area contributed by atoms with Crippen LogP contribution in [0, 0.1) is 16.7 Å². The van der Waals surface area contributed by atoms with Gasteiger partial charge < -0.3 is 15.4 Å². The monoisotopic (exact) mass is 589 g/mol. The number of primary amides is 1. The summed E-state index contributed by atoms with van der Waals surface area (Å²) in [4.78, 5) is 12.9. The molecule has 1 saturated carbocycles. The lowest BCUT2D eigenvalue weighted by molar-refractivity contribution is -0.145. The molecule has 1 fully saturated rings. The molecular weight excluding hydrogens is 559 g/mol. The maximum atomic E-state index is 14.0. The number of hydrogen-bond donors (Lipinski definition) is 1. The van der Waals surface area contributed by atoms with E-state index in [2.05, 4.69) is 11.2 Å². The van der Waals surface area contributed by atoms with E-state index in [9.17, 15) is 31.6 Å². The second-order valence-corrected chi connectivity index (χ2v) is 12.5. The summed E-state index contributed by atoms with van der Waals surface area (Å²) in [5.74, 6) is -0.659. The second-order valence-electron chi connectivity index (χ2n) is 9.84. The highest BCUT2D eigenvalue weighted by atomic mass is 35.5. The van der Waals surface area contributed by atoms with E-state index in [-0.39, 0.29) is 54.4 Å². The minimum Gasteiger partial charge on any atom is -0.496 e. The maximum absolute atomic E-state index is 14.0. The minimum absolute atomic E-state index is 0.0121. The van der Waals surface area contributed by atoms with Crippen LogP contribution in [0.15, 0.2) is 18.2 Å². The highest BCUT2D eigenvalue weighted by Crippen LogP contribution is 2.44. The van der Waals surface area contributed by atoms with E-state index in [1.165, 1.54) is 30.0 Å². The van der Waals surface area contributed by atoms with Crippen LogP contribution in [0.3, 0.4) is 0 Å². The van der Waals surface area contributed by atoms with Crippen LogP contribution < -0.4 is 15.4 Å². The van der Waals surface area contributed by atoms with E-state index < -0.39 is 38.6 Å². The standard InChI is InChI=1S/C25H31ClF3N5O4S/c1-5-34-22(20(26)21(32-34)23(31)35)18-7-6-16(12-19(18)38-3)33(15(2)25(27,28)29)14-24(13-30)10-8-17(9-11-24)39(4,36)37/h6-7,12,15,17H,5,8-11,14H2,1-4H3,(H2,31,35)/t15-,17?,24?/m1/s1. The first kappa shape index (κ1) is 30.6. The van der Waals surface area contributed by atoms with Gasteiger partial charge in [-0.3, -0.25) is 9.48 Å². The zero-order valence-electron chi connectivity index (χ0n) is 22.0. The number of nitrogens with two attached hydrogens (primary N) is 1. The molecule has 1 heterocycles. The van der Waals surface area contributed by atoms with Gasteiger partial charge in [-0.05, 0) is 51.7 Å². The van der Waals surface area contributed by atoms with Crippen LogP contribution in [-0.2, 0) is 16.4 Å². The summed E-state index contributed by atoms with van der Waals surface area (Å²) in [5, 5.41) is 13.5. The van der Waals surface area contributed by atoms with Crippen LogP contribution in [0.5, 0.6) is 5.75 Å². The van der Waals surface area contributed by atoms with Gasteiger partial charge in [0, 0.05) is 36.7 Å². The Morgan fingerprint density at radius 2 is 2.00 bits per heavy atom. The molecule has 0 spiro atoms. The number of aryl methyl sites for hydroxylation is 1. The molecule has 1 aliphatic carbocycles. The highest BCUT2D eigenvalue weighted by Gasteiger charge is 2.46. The number of ether oxygens (including phenoxy) is 1. The number of nitriles is 1. The van der Waals surface area contributed by atoms with Crippen molar-refractivity contribution in [2.75, 3.05) is 24.8 Å². The van der Waals surface area contributed by atoms with Gasteiger partial charge in [0.15, 0.2) is 5.69 Å². The molecule has 39 heavy (non-hydrogen) atoms. The Kier molecular flexibility index (Phi) is 8.82. The fraction of sp³-hybridized carbons (Fsp3) is 0.560. The first-order valence-corrected chi connectivity index (χ1v) is 14.6. The molecule has 1 atom stereocenters. The lowest BCUT2D eigenvalue weighted by Gasteiger charge is -2.41. The average molecular weight is 590 g/mol. The molecule has 0 saturated heterocycles. The van der Waals surface area contributed by atoms with Crippen molar-refractivity contribution < 1.29 is 31.1 Å². The Bertz CT molecular complexity index is 1380. The molecule has 1 aromatic carbocycles. The highest BCUT2D eigenvalue weighted by molar-refractivity contribution is 7.91. The minimum atomic E-state index is -4.62. The molecule has 0 radical (unpaired) electrons. The topological polar surface area (TPSA) is 131 Å². The lowest BCUT2D eigenvalue weighted by atomic mass is 9.74. The van der Waals surface area contributed by atoms with Crippen LogP contribution in [0.25, 0.3) is 11.3 Å². The van der Waals surface area contributed by atoms with Gasteiger partial charge >= 0.3 is 6.18 Å². The molecule has 2 N–H and O–H groups in total. The van der Waals surface area contributed by atoms with E-state index >= 15 is 0 Å². The number of aromatic nitrogens is 2. The molecule has 14 heteroatoms. The number of benzene rings is 1. The third kappa shape index (κ3) is 6.27. The van der Waals surface area contributed by atoms with Crippen LogP contribution in [0.1, 0.15) is 50.0 Å². The smallest absolute Gasteiger partial charge is 0.408 e. The van der Waals surface area contributed by atoms with Gasteiger partial charge in [-0.1, -0.05) is 11.6 Å². The molecular formula is C25H31ClF3N5O4S. The zero-order chi connectivity index (χ0) is 29.3. The number of halogens is 4. The predicted octanol–water partition coefficient (Wildman–Crippen LogP) is 4.59. The molecule has 2 aromatic rings. The largest absolute Gasteiger partial charge is 0.496 e. The molecule has 0 bridgehead atoms. The third-order valence-electron chi connectivity index (χ3n) is 7.35. The second kappa shape index (κ2) is 11.3. The summed E-state index contributed by atoms with van der Waals surface area (Å²) < 4.78 is 73.1. The van der Waals surface area contributed by atoms with Crippen LogP contribution in [0.2, 0.25) is 5.02 Å². The van der Waals surface area contributed by atoms with Crippen molar-refractivity contribution in [2.24, 2.45) is 11.1 Å². The predicted molar refractivity (Wildman–Crippen MR) is 141 cm³/mol. The van der Waals surface area contributed by atoms with E-state index in [1.807, 2.05) is 0 Å². The normalized spacial score (nSPS) is 20.7. The molecule has 3 rings (SSSR count). The number of hydrogen-bond acceptors (Lipinski definition) is 7. The van der Waals surface area contributed by atoms with Crippen molar-refractivity contribution in [1.82, 2.24) is 9.78 Å². The van der Waals surface area contributed by atoms with E-state index in [4.69, 9.17) is 22.1 Å². The molecule has 1 aromatic heterocycles. The van der Waals surface area contributed by atoms with Crippen LogP contribution in [-0.4, -0.2) is 61.5 Å². The van der Waals surface area contributed by atoms with Gasteiger partial charge in [0.1, 0.15) is 21.6 Å². The average Bonchev–Trinajstić information content (AvgIpc) is 3.21. The molecule has 0 unspecified atom stereocenters. The van der Waals surface area contributed by atoms with Gasteiger partial charge in [-0.25, -0.2) is 8.42 Å². The van der Waals surface area contributed by atoms with Gasteiger partial charge in [0.2, 0.25) is 0 Å². The summed E-state index contributed by atoms with van der Waals surface area (Å²) in [6.07, 6.45) is -2.79. The Balaban J connectivity index is 2.08. The fourth-order valence-corrected chi connectivity index (χ4v) is 6.39. The third-order valence-corrected chi connectivity index (χ3v) is 9.39. The van der Waals surface area contributed by atoms with Gasteiger partial charge in [0.05, 0.1) is 34.6 Å². The first-order valence-electron chi connectivity index (χ1n) is 12.3. The zero-order valence-corrected chi connectivity index (χ0v) is 23.6. The van der Waals surface area contributed by atoms with Gasteiger partial charge in [-0.15, -0.1) is 0 Å². The number of carbonyl (C=O) groups excluding carboxylic acids is 1. The van der Waals surface area contributed by atoms with Crippen LogP contribution >= 0.6 is 11.6 Å². The number of carbonyl (C=O) groups is 1. The molecule has 214 valence electrons. The number of alkyl halides is 3. The molecule has 9 nitrogen and oxygen atoms in total. The quantitative estimate of drug-likeness (QED) is 0.453. The van der Waals surface area contributed by atoms with E-state index in [0.717, 1.165) is 18.1 Å². The van der Waals surface area contributed by atoms with Crippen molar-refractivity contribution >= 4 is 33.0 Å². The Morgan fingerprint density at radius 1 is 1.38 bits per heavy atom. The summed E-state index contributed by atoms with van der Waals surface area (Å²) in [6.45, 7) is 2.84. The van der Waals surface area contributed by atoms with E-state index in [0.29, 0.717) is 17.8 Å². The Morgan fingerprint density at radius 3 is 2.46 bits per heavy atom. The Hall–Kier alpha value is -2.98. The van der Waals surface area contributed by atoms with E-state index in [1.54, 1.807) is 6.92 Å². The van der Waals surface area contributed by atoms with Crippen molar-refractivity contribution in [1.29, 1.82) is 5.26 Å². The SMILES string of the molecule is CCn1nc(C(N)=O)c(Cl)c1-c1ccc(N(CC2(C#N)CCC(S(C)(=O)=O)CC2)[C@H](C)C(F)(F)F)cc1OC. The summed E-state index contributed by atoms with van der Waals surface area (Å²) in [6, 6.07) is 4.62. The summed E-state index contributed by atoms with van der Waals surface area (Å²) >= 11 is 6.41. The fourth-order valence-electron chi connectivity index (χ4n) is 4.97. The van der Waals surface area contributed by atoms with Crippen molar-refractivity contribution in [3.05, 3.63) is 28.9 Å². The van der Waals surface area contributed by atoms with Gasteiger partial charge in [0.25, 0.3) is 5.91 Å². The van der Waals surface area contributed by atoms with Gasteiger partial charge in [-0.2, -0.15) is 23.5 Å². The summed E-state index contributed by atoms with van der Waals surface area (Å²) in [5.41, 5.74) is 4.91. The molecule has 1 amide bonds. The number of sulfone groups is 1. The van der Waals surface area contributed by atoms with Crippen LogP contribution in [0.4, 0.5) is 18.9 Å². The number of nitrogens with zero attached hydrogens (tertiary/aromatic N) is 4. The maximum Gasteiger partial charge on any atom is 0.408 e. The van der Waals surface area contributed by atoms with Crippen molar-refractivity contribution in [3.63, 3.8) is 0 Å². The number of rotatable bonds is 9. The Labute approximate surface area is 230 Å². The number of amides is 1. The number of anilines is 1. The summed E-state index contributed by atoms with van der Waals surface area (Å²) in [7, 11) is -1.98.